The van der Waals surface area contributed by atoms with Gasteiger partial charge in [0.15, 0.2) is 16.7 Å². The molecule has 9 aromatic heterocycles. The number of hydrogen-bond donors (Lipinski definition) is 0. The van der Waals surface area contributed by atoms with Gasteiger partial charge in [-0.05, 0) is 210 Å². The first-order valence-electron chi connectivity index (χ1n) is 47.8. The Morgan fingerprint density at radius 2 is 0.482 bits per heavy atom. The number of fused-ring (bicyclic) bond motifs is 24. The number of thiophene rings is 3. The maximum absolute atomic E-state index is 6.72. The smallest absolute Gasteiger partial charge is 0.161 e. The predicted octanol–water partition coefficient (Wildman–Crippen LogP) is 38.7. The first-order valence-corrected chi connectivity index (χ1v) is 50.3. The molecule has 0 radical (unpaired) electrons. The fourth-order valence-electron chi connectivity index (χ4n) is 22.1. The predicted molar refractivity (Wildman–Crippen MR) is 599 cm³/mol. The molecule has 9 heteroatoms. The van der Waals surface area contributed by atoms with Gasteiger partial charge < -0.3 is 27.0 Å². The van der Waals surface area contributed by atoms with Crippen LogP contribution in [-0.4, -0.2) is 13.7 Å². The molecule has 9 heterocycles. The van der Waals surface area contributed by atoms with E-state index < -0.39 is 0 Å². The molecular weight excluding hydrogens is 1770 g/mol. The summed E-state index contributed by atoms with van der Waals surface area (Å²) < 4.78 is 34.9. The second-order valence-electron chi connectivity index (χ2n) is 36.2. The first-order chi connectivity index (χ1) is 70.0. The molecule has 21 aromatic carbocycles. The number of rotatable bonds is 12. The minimum atomic E-state index is 0.894. The molecule has 0 saturated heterocycles. The van der Waals surface area contributed by atoms with Gasteiger partial charge >= 0.3 is 0 Å². The molecule has 30 aromatic rings. The highest BCUT2D eigenvalue weighted by atomic mass is 32.1. The van der Waals surface area contributed by atoms with Gasteiger partial charge in [0, 0.05) is 105 Å². The number of hydrogen-bond acceptors (Lipinski definition) is 6. The molecule has 0 aliphatic heterocycles. The van der Waals surface area contributed by atoms with E-state index in [1.165, 1.54) is 161 Å². The van der Waals surface area contributed by atoms with Crippen LogP contribution in [0.5, 0.6) is 0 Å². The zero-order valence-electron chi connectivity index (χ0n) is 76.1. The normalized spacial score (nSPS) is 11.8. The van der Waals surface area contributed by atoms with Crippen molar-refractivity contribution in [3.8, 4) is 117 Å². The van der Waals surface area contributed by atoms with E-state index in [0.717, 1.165) is 116 Å². The van der Waals surface area contributed by atoms with Crippen LogP contribution in [0.3, 0.4) is 0 Å². The van der Waals surface area contributed by atoms with Crippen molar-refractivity contribution in [2.24, 2.45) is 0 Å². The van der Waals surface area contributed by atoms with Gasteiger partial charge in [-0.3, -0.25) is 0 Å². The summed E-state index contributed by atoms with van der Waals surface area (Å²) in [5.41, 5.74) is 37.6. The lowest BCUT2D eigenvalue weighted by Crippen LogP contribution is -1.94. The second-order valence-corrected chi connectivity index (χ2v) is 39.3. The third-order valence-corrected chi connectivity index (χ3v) is 31.9. The minimum absolute atomic E-state index is 0.894. The Kier molecular flexibility index (Phi) is 19.5. The zero-order valence-corrected chi connectivity index (χ0v) is 78.5. The van der Waals surface area contributed by atoms with Crippen LogP contribution in [0.4, 0.5) is 0 Å². The van der Waals surface area contributed by atoms with Crippen molar-refractivity contribution >= 4 is 193 Å². The Labute approximate surface area is 822 Å². The lowest BCUT2D eigenvalue weighted by atomic mass is 9.91. The number of para-hydroxylation sites is 6. The van der Waals surface area contributed by atoms with Crippen molar-refractivity contribution in [2.75, 3.05) is 0 Å². The maximum Gasteiger partial charge on any atom is 0.161 e. The summed E-state index contributed by atoms with van der Waals surface area (Å²) in [4.78, 5) is 0. The molecule has 0 bridgehead atoms. The van der Waals surface area contributed by atoms with Gasteiger partial charge in [-0.25, -0.2) is 0 Å². The van der Waals surface area contributed by atoms with Crippen molar-refractivity contribution in [3.05, 3.63) is 491 Å². The quantitative estimate of drug-likeness (QED) is 0.122. The van der Waals surface area contributed by atoms with Crippen molar-refractivity contribution in [3.63, 3.8) is 0 Å². The first kappa shape index (κ1) is 81.6. The lowest BCUT2D eigenvalue weighted by Gasteiger charge is -2.13. The van der Waals surface area contributed by atoms with Crippen molar-refractivity contribution in [1.82, 2.24) is 13.7 Å². The molecule has 0 unspecified atom stereocenters. The van der Waals surface area contributed by atoms with Gasteiger partial charge in [-0.2, -0.15) is 0 Å². The number of nitrogens with zero attached hydrogens (tertiary/aromatic N) is 3. The average Bonchev–Trinajstić information content (AvgIpc) is 1.57. The van der Waals surface area contributed by atoms with Gasteiger partial charge in [0.2, 0.25) is 0 Å². The van der Waals surface area contributed by atoms with Gasteiger partial charge in [-0.1, -0.05) is 376 Å². The van der Waals surface area contributed by atoms with Crippen LogP contribution < -0.4 is 0 Å². The SMILES string of the molecule is c1ccc(-c2ccc3c(c2)sc2cc(-c4ccccc4-c4cccc5oc6c7ccccc7n(-c7ccccc7)c6c45)ccc23)cc1.c1ccc(-c2cccc3c2sc2c(-c4ccccc4-c4cccc5oc6c7ccccc7n(-c7ccccc7)c6c45)cccc23)cc1.c1ccc(-c2cccc3c2sc2cccc(-c4ccccc4-c4ccc5oc6c7ccccc7n(-c7ccccc7)c6c5c4)c23)cc1. The second kappa shape index (κ2) is 33.6. The summed E-state index contributed by atoms with van der Waals surface area (Å²) in [6, 6.07) is 176. The van der Waals surface area contributed by atoms with Gasteiger partial charge in [-0.15, -0.1) is 34.0 Å². The largest absolute Gasteiger partial charge is 0.454 e. The Morgan fingerprint density at radius 1 is 0.156 bits per heavy atom. The fraction of sp³-hybridized carbons (Fsp3) is 0. The van der Waals surface area contributed by atoms with E-state index in [9.17, 15) is 0 Å². The molecule has 6 nitrogen and oxygen atoms in total. The molecule has 0 N–H and O–H groups in total. The molecule has 0 amide bonds. The summed E-state index contributed by atoms with van der Waals surface area (Å²) >= 11 is 5.65. The van der Waals surface area contributed by atoms with Crippen LogP contribution in [0.2, 0.25) is 0 Å². The summed E-state index contributed by atoms with van der Waals surface area (Å²) in [5, 5.41) is 14.6. The standard InChI is InChI=1S/3C44H27NOS/c1-3-14-28(15-4-1)30-21-11-24-35-36-25-12-23-34(44(36)47-43(30)35)32-19-8-7-18-31(32)33-22-13-27-39-40(33)41-42(46-39)37-20-9-10-26-38(37)45(41)29-16-5-2-6-17-29;1-3-13-28(14-4-1)32-20-11-22-36-41-34(21-12-24-40(41)47-44(32)36)33-18-8-7-17-31(33)29-25-26-39-37(27-29)42-43(46-39)35-19-9-10-23-38(35)45(42)30-15-5-2-6-16-30;1-3-12-28(13-4-1)29-22-24-34-35-25-23-30(27-41(35)47-40(34)26-29)32-16-7-8-17-33(32)36-19-11-21-39-42(36)43-44(46-39)37-18-9-10-20-38(37)45(43)31-14-5-2-6-15-31/h3*1-27H. The monoisotopic (exact) mass is 1850 g/mol. The Bertz CT molecular complexity index is 10200. The summed E-state index contributed by atoms with van der Waals surface area (Å²) in [5.74, 6) is 0. The van der Waals surface area contributed by atoms with Crippen LogP contribution in [0, 0.1) is 0 Å². The highest BCUT2D eigenvalue weighted by molar-refractivity contribution is 7.27. The van der Waals surface area contributed by atoms with Crippen LogP contribution in [0.15, 0.2) is 505 Å². The molecule has 0 aliphatic carbocycles. The van der Waals surface area contributed by atoms with E-state index in [1.807, 2.05) is 34.0 Å². The number of furan rings is 3. The molecular formula is C132H81N3O3S3. The van der Waals surface area contributed by atoms with E-state index in [1.54, 1.807) is 0 Å². The van der Waals surface area contributed by atoms with Crippen LogP contribution in [0.1, 0.15) is 0 Å². The van der Waals surface area contributed by atoms with Gasteiger partial charge in [0.05, 0.1) is 27.3 Å². The molecule has 141 heavy (non-hydrogen) atoms. The zero-order chi connectivity index (χ0) is 92.7. The van der Waals surface area contributed by atoms with E-state index in [2.05, 4.69) is 505 Å². The highest BCUT2D eigenvalue weighted by Gasteiger charge is 2.29. The molecule has 0 aliphatic rings. The van der Waals surface area contributed by atoms with Gasteiger partial charge in [0.1, 0.15) is 33.3 Å². The highest BCUT2D eigenvalue weighted by Crippen LogP contribution is 2.54. The summed E-state index contributed by atoms with van der Waals surface area (Å²) in [6.45, 7) is 0. The fourth-order valence-corrected chi connectivity index (χ4v) is 25.9. The molecule has 30 rings (SSSR count). The average molecular weight is 1850 g/mol. The van der Waals surface area contributed by atoms with Crippen LogP contribution in [-0.2, 0) is 0 Å². The van der Waals surface area contributed by atoms with E-state index in [-0.39, 0.29) is 0 Å². The minimum Gasteiger partial charge on any atom is -0.454 e. The number of aromatic nitrogens is 3. The van der Waals surface area contributed by atoms with E-state index in [0.29, 0.717) is 0 Å². The summed E-state index contributed by atoms with van der Waals surface area (Å²) in [7, 11) is 0. The van der Waals surface area contributed by atoms with E-state index >= 15 is 0 Å². The van der Waals surface area contributed by atoms with Crippen LogP contribution >= 0.6 is 34.0 Å². The number of benzene rings is 21. The van der Waals surface area contributed by atoms with Crippen molar-refractivity contribution in [2.45, 2.75) is 0 Å². The molecule has 0 fully saturated rings. The third-order valence-electron chi connectivity index (χ3n) is 28.3. The molecule has 660 valence electrons. The Hall–Kier alpha value is -17.7. The van der Waals surface area contributed by atoms with Crippen molar-refractivity contribution < 1.29 is 13.3 Å². The van der Waals surface area contributed by atoms with Gasteiger partial charge in [0.25, 0.3) is 0 Å². The van der Waals surface area contributed by atoms with E-state index in [4.69, 9.17) is 13.3 Å². The topological polar surface area (TPSA) is 54.2 Å². The molecule has 0 spiro atoms. The third kappa shape index (κ3) is 13.4. The Balaban J connectivity index is 0.000000104. The lowest BCUT2D eigenvalue weighted by molar-refractivity contribution is 0.672. The summed E-state index contributed by atoms with van der Waals surface area (Å²) in [6.07, 6.45) is 0. The molecule has 0 atom stereocenters. The van der Waals surface area contributed by atoms with Crippen LogP contribution in [0.25, 0.3) is 277 Å². The molecule has 0 saturated carbocycles. The Morgan fingerprint density at radius 3 is 0.986 bits per heavy atom. The maximum atomic E-state index is 6.72. The van der Waals surface area contributed by atoms with Crippen molar-refractivity contribution in [1.29, 1.82) is 0 Å².